The van der Waals surface area contributed by atoms with Crippen LogP contribution in [0.25, 0.3) is 93.7 Å². The van der Waals surface area contributed by atoms with Gasteiger partial charge in [-0.05, 0) is 88.4 Å². The number of rotatable bonds is 5. The van der Waals surface area contributed by atoms with Crippen LogP contribution < -0.4 is 0 Å². The summed E-state index contributed by atoms with van der Waals surface area (Å²) >= 11 is 0. The summed E-state index contributed by atoms with van der Waals surface area (Å²) in [6, 6.07) is 35.8. The second kappa shape index (κ2) is 14.2. The van der Waals surface area contributed by atoms with E-state index in [0.717, 1.165) is 38.7 Å². The highest BCUT2D eigenvalue weighted by Crippen LogP contribution is 2.50. The van der Waals surface area contributed by atoms with Crippen LogP contribution in [0.2, 0.25) is 0 Å². The number of hydrogen-bond acceptors (Lipinski definition) is 7. The summed E-state index contributed by atoms with van der Waals surface area (Å²) in [6.07, 6.45) is -4.86. The molecule has 10 nitrogen and oxygen atoms in total. The molecule has 0 amide bonds. The van der Waals surface area contributed by atoms with Gasteiger partial charge in [0.25, 0.3) is 0 Å². The van der Waals surface area contributed by atoms with Gasteiger partial charge in [0.05, 0.1) is 57.2 Å². The third-order valence-corrected chi connectivity index (χ3v) is 11.0. The first kappa shape index (κ1) is 37.9. The lowest BCUT2D eigenvalue weighted by atomic mass is 9.92. The lowest BCUT2D eigenvalue weighted by Crippen LogP contribution is -2.11. The molecular weight excluding hydrogens is 786 g/mol. The predicted molar refractivity (Wildman–Crippen MR) is 233 cm³/mol. The Morgan fingerprint density at radius 2 is 0.984 bits per heavy atom. The maximum absolute atomic E-state index is 15.5. The quantitative estimate of drug-likeness (QED) is 0.159. The first-order chi connectivity index (χ1) is 29.9. The molecule has 10 rings (SSSR count). The van der Waals surface area contributed by atoms with Gasteiger partial charge in [0.2, 0.25) is 0 Å². The SMILES string of the molecule is [C-]#[N+]c1cccc(C(F)(F)F)c1-c1c(-n2c3ccccc3c3cc(-c4nc(C)nc(C)n4)ccc32)cc(C#N)cc1-n1c2ccccc2c2cc(-c3nc(C)nc(C)n3)ccc21. The topological polar surface area (TPSA) is 115 Å². The Bertz CT molecular complexity index is 3370. The maximum Gasteiger partial charge on any atom is 0.415 e. The fraction of sp³-hybridized carbons (Fsp3) is 0.102. The average Bonchev–Trinajstić information content (AvgIpc) is 3.76. The summed E-state index contributed by atoms with van der Waals surface area (Å²) in [5.41, 5.74) is 3.52. The van der Waals surface area contributed by atoms with Gasteiger partial charge >= 0.3 is 6.18 Å². The number of halogens is 3. The number of hydrogen-bond donors (Lipinski definition) is 0. The molecule has 0 saturated carbocycles. The van der Waals surface area contributed by atoms with Gasteiger partial charge in [-0.1, -0.05) is 54.6 Å². The molecule has 0 unspecified atom stereocenters. The van der Waals surface area contributed by atoms with Crippen molar-refractivity contribution in [2.45, 2.75) is 33.9 Å². The Morgan fingerprint density at radius 1 is 0.532 bits per heavy atom. The first-order valence-electron chi connectivity index (χ1n) is 19.5. The minimum absolute atomic E-state index is 0.119. The molecule has 0 aliphatic carbocycles. The smallest absolute Gasteiger partial charge is 0.309 e. The van der Waals surface area contributed by atoms with Crippen LogP contribution in [-0.4, -0.2) is 39.0 Å². The number of nitrogens with zero attached hydrogens (tertiary/aromatic N) is 10. The number of fused-ring (bicyclic) bond motifs is 6. The number of para-hydroxylation sites is 2. The highest BCUT2D eigenvalue weighted by Gasteiger charge is 2.37. The summed E-state index contributed by atoms with van der Waals surface area (Å²) in [4.78, 5) is 30.7. The van der Waals surface area contributed by atoms with Crippen molar-refractivity contribution in [3.8, 4) is 51.3 Å². The largest absolute Gasteiger partial charge is 0.415 e. The number of alkyl halides is 3. The number of benzene rings is 6. The minimum atomic E-state index is -4.86. The molecule has 0 saturated heterocycles. The molecule has 298 valence electrons. The Labute approximate surface area is 352 Å². The Hall–Kier alpha value is -8.29. The first-order valence-corrected chi connectivity index (χ1v) is 19.5. The monoisotopic (exact) mass is 816 g/mol. The highest BCUT2D eigenvalue weighted by molar-refractivity contribution is 6.13. The van der Waals surface area contributed by atoms with Gasteiger partial charge in [-0.2, -0.15) is 18.4 Å². The van der Waals surface area contributed by atoms with Crippen molar-refractivity contribution in [1.82, 2.24) is 39.0 Å². The second-order valence-corrected chi connectivity index (χ2v) is 15.0. The van der Waals surface area contributed by atoms with E-state index < -0.39 is 11.7 Å². The fourth-order valence-corrected chi connectivity index (χ4v) is 8.65. The lowest BCUT2D eigenvalue weighted by Gasteiger charge is -2.24. The molecule has 4 aromatic heterocycles. The molecule has 0 aliphatic rings. The molecule has 0 fully saturated rings. The molecule has 62 heavy (non-hydrogen) atoms. The average molecular weight is 817 g/mol. The third-order valence-electron chi connectivity index (χ3n) is 11.0. The van der Waals surface area contributed by atoms with E-state index in [1.807, 2.05) is 94.1 Å². The molecule has 0 aliphatic heterocycles. The normalized spacial score (nSPS) is 11.8. The van der Waals surface area contributed by atoms with Gasteiger partial charge in [0, 0.05) is 43.8 Å². The standard InChI is InChI=1S/C49H31F3N10/c1-26-55-27(2)58-47(57-26)31-17-19-41-35(23-31)33-11-6-8-15-39(33)61(41)43-21-30(25-53)22-44(46(43)45-37(49(50,51)52)13-10-14-38(45)54-5)62-40-16-9-7-12-34(40)36-24-32(18-20-42(36)62)48-59-28(3)56-29(4)60-48/h6-24H,1-4H3. The molecule has 6 aromatic carbocycles. The van der Waals surface area contributed by atoms with Gasteiger partial charge < -0.3 is 9.13 Å². The van der Waals surface area contributed by atoms with E-state index >= 15 is 13.2 Å². The Kier molecular flexibility index (Phi) is 8.68. The van der Waals surface area contributed by atoms with E-state index in [2.05, 4.69) is 40.8 Å². The highest BCUT2D eigenvalue weighted by atomic mass is 19.4. The number of nitriles is 1. The van der Waals surface area contributed by atoms with Crippen molar-refractivity contribution in [2.24, 2.45) is 0 Å². The maximum atomic E-state index is 15.5. The number of aryl methyl sites for hydroxylation is 4. The van der Waals surface area contributed by atoms with Gasteiger partial charge in [-0.3, -0.25) is 0 Å². The van der Waals surface area contributed by atoms with Crippen LogP contribution in [0.1, 0.15) is 34.4 Å². The molecule has 13 heteroatoms. The van der Waals surface area contributed by atoms with Gasteiger partial charge in [0.1, 0.15) is 23.3 Å². The van der Waals surface area contributed by atoms with Crippen molar-refractivity contribution < 1.29 is 13.2 Å². The van der Waals surface area contributed by atoms with E-state index in [9.17, 15) is 5.26 Å². The lowest BCUT2D eigenvalue weighted by molar-refractivity contribution is -0.137. The van der Waals surface area contributed by atoms with Gasteiger partial charge in [-0.15, -0.1) is 0 Å². The van der Waals surface area contributed by atoms with Gasteiger partial charge in [0.15, 0.2) is 17.3 Å². The zero-order chi connectivity index (χ0) is 43.0. The third kappa shape index (κ3) is 6.09. The van der Waals surface area contributed by atoms with Crippen molar-refractivity contribution in [3.63, 3.8) is 0 Å². The van der Waals surface area contributed by atoms with Crippen LogP contribution in [0.4, 0.5) is 18.9 Å². The van der Waals surface area contributed by atoms with E-state index in [1.165, 1.54) is 12.1 Å². The van der Waals surface area contributed by atoms with Crippen LogP contribution in [0.5, 0.6) is 0 Å². The zero-order valence-corrected chi connectivity index (χ0v) is 33.6. The minimum Gasteiger partial charge on any atom is -0.309 e. The zero-order valence-electron chi connectivity index (χ0n) is 33.6. The van der Waals surface area contributed by atoms with Crippen molar-refractivity contribution in [2.75, 3.05) is 0 Å². The van der Waals surface area contributed by atoms with Crippen LogP contribution in [-0.2, 0) is 6.18 Å². The fourth-order valence-electron chi connectivity index (χ4n) is 8.65. The molecule has 0 N–H and O–H groups in total. The predicted octanol–water partition coefficient (Wildman–Crippen LogP) is 11.9. The molecule has 4 heterocycles. The van der Waals surface area contributed by atoms with Crippen molar-refractivity contribution >= 4 is 49.3 Å². The summed E-state index contributed by atoms with van der Waals surface area (Å²) in [5.74, 6) is 3.24. The van der Waals surface area contributed by atoms with Gasteiger partial charge in [-0.25, -0.2) is 34.7 Å². The van der Waals surface area contributed by atoms with Crippen molar-refractivity contribution in [1.29, 1.82) is 5.26 Å². The molecule has 0 spiro atoms. The molecule has 0 atom stereocenters. The summed E-state index contributed by atoms with van der Waals surface area (Å²) < 4.78 is 50.2. The summed E-state index contributed by atoms with van der Waals surface area (Å²) in [7, 11) is 0. The van der Waals surface area contributed by atoms with E-state index in [-0.39, 0.29) is 33.8 Å². The van der Waals surface area contributed by atoms with Crippen LogP contribution in [0, 0.1) is 45.6 Å². The summed E-state index contributed by atoms with van der Waals surface area (Å²) in [6.45, 7) is 15.5. The van der Waals surface area contributed by atoms with Crippen LogP contribution in [0.15, 0.2) is 115 Å². The molecule has 0 radical (unpaired) electrons. The van der Waals surface area contributed by atoms with Crippen LogP contribution in [0.3, 0.4) is 0 Å². The molecular formula is C49H31F3N10. The molecule has 0 bridgehead atoms. The second-order valence-electron chi connectivity index (χ2n) is 15.0. The Morgan fingerprint density at radius 3 is 1.42 bits per heavy atom. The van der Waals surface area contributed by atoms with Crippen molar-refractivity contribution in [3.05, 3.63) is 161 Å². The number of aromatic nitrogens is 8. The van der Waals surface area contributed by atoms with E-state index in [0.29, 0.717) is 57.0 Å². The summed E-state index contributed by atoms with van der Waals surface area (Å²) in [5, 5.41) is 13.9. The van der Waals surface area contributed by atoms with Crippen LogP contribution >= 0.6 is 0 Å². The van der Waals surface area contributed by atoms with E-state index in [1.54, 1.807) is 39.8 Å². The van der Waals surface area contributed by atoms with E-state index in [4.69, 9.17) is 6.57 Å². The molecule has 10 aromatic rings. The Balaban J connectivity index is 1.37.